The molecular weight excluding hydrogens is 480 g/mol. The highest BCUT2D eigenvalue weighted by Gasteiger charge is 2.55. The van der Waals surface area contributed by atoms with Crippen LogP contribution < -0.4 is 26.4 Å². The fraction of sp³-hybridized carbons (Fsp3) is 0.560. The van der Waals surface area contributed by atoms with E-state index < -0.39 is 12.0 Å². The predicted octanol–water partition coefficient (Wildman–Crippen LogP) is 2.60. The molecule has 3 atom stereocenters. The number of hydrogen-bond donors (Lipinski definition) is 5. The van der Waals surface area contributed by atoms with Crippen molar-refractivity contribution >= 4 is 42.5 Å². The van der Waals surface area contributed by atoms with Crippen molar-refractivity contribution in [1.29, 1.82) is 0 Å². The van der Waals surface area contributed by atoms with Gasteiger partial charge in [0.05, 0.1) is 16.9 Å². The molecule has 10 nitrogen and oxygen atoms in total. The van der Waals surface area contributed by atoms with Crippen molar-refractivity contribution in [3.05, 3.63) is 30.0 Å². The molecule has 4 aliphatic carbocycles. The van der Waals surface area contributed by atoms with E-state index in [0.29, 0.717) is 35.9 Å². The lowest BCUT2D eigenvalue weighted by Crippen LogP contribution is -2.59. The Hall–Kier alpha value is -2.76. The van der Waals surface area contributed by atoms with Crippen LogP contribution in [-0.2, 0) is 4.74 Å². The van der Waals surface area contributed by atoms with Gasteiger partial charge < -0.3 is 36.3 Å². The van der Waals surface area contributed by atoms with Crippen LogP contribution in [0, 0.1) is 17.8 Å². The number of aliphatic hydroxyl groups is 1. The lowest BCUT2D eigenvalue weighted by molar-refractivity contribution is -0.149. The van der Waals surface area contributed by atoms with Gasteiger partial charge in [-0.2, -0.15) is 18.5 Å². The van der Waals surface area contributed by atoms with Gasteiger partial charge in [0.1, 0.15) is 24.3 Å². The number of fused-ring (bicyclic) bond motifs is 1. The number of carbonyl (C=O) groups is 1. The minimum atomic E-state index is -0.568. The van der Waals surface area contributed by atoms with Gasteiger partial charge in [0.25, 0.3) is 5.91 Å². The molecular formula is C25H34N6O4S. The molecule has 2 unspecified atom stereocenters. The number of carbonyl (C=O) groups excluding carboxylic acids is 1. The summed E-state index contributed by atoms with van der Waals surface area (Å²) >= 11 is 0. The van der Waals surface area contributed by atoms with Crippen molar-refractivity contribution < 1.29 is 19.4 Å². The van der Waals surface area contributed by atoms with Crippen LogP contribution in [0.2, 0.25) is 0 Å². The second-order valence-electron chi connectivity index (χ2n) is 10.5. The summed E-state index contributed by atoms with van der Waals surface area (Å²) in [5.74, 6) is 2.65. The first-order valence-corrected chi connectivity index (χ1v) is 12.4. The number of aliphatic hydroxyl groups excluding tert-OH is 1. The summed E-state index contributed by atoms with van der Waals surface area (Å²) in [5.41, 5.74) is 7.50. The van der Waals surface area contributed by atoms with E-state index in [9.17, 15) is 9.90 Å². The van der Waals surface area contributed by atoms with E-state index in [1.165, 1.54) is 19.0 Å². The molecule has 0 radical (unpaired) electrons. The second kappa shape index (κ2) is 9.60. The molecule has 4 fully saturated rings. The fourth-order valence-corrected chi connectivity index (χ4v) is 6.80. The Morgan fingerprint density at radius 1 is 1.28 bits per heavy atom. The normalized spacial score (nSPS) is 31.8. The van der Waals surface area contributed by atoms with Gasteiger partial charge in [-0.25, -0.2) is 4.98 Å². The van der Waals surface area contributed by atoms with Crippen molar-refractivity contribution in [2.75, 3.05) is 36.2 Å². The number of rotatable bonds is 6. The molecule has 6 N–H and O–H groups in total. The minimum absolute atomic E-state index is 0. The monoisotopic (exact) mass is 514 g/mol. The second-order valence-corrected chi connectivity index (χ2v) is 10.5. The van der Waals surface area contributed by atoms with Crippen LogP contribution in [0.3, 0.4) is 0 Å². The number of nitrogens with one attached hydrogen (secondary N) is 3. The van der Waals surface area contributed by atoms with E-state index in [1.54, 1.807) is 0 Å². The quantitative estimate of drug-likeness (QED) is 0.393. The Labute approximate surface area is 217 Å². The van der Waals surface area contributed by atoms with Crippen LogP contribution in [0.5, 0.6) is 5.75 Å². The molecule has 1 amide bonds. The number of primary amides is 1. The largest absolute Gasteiger partial charge is 0.489 e. The molecule has 2 aromatic rings. The van der Waals surface area contributed by atoms with E-state index in [1.807, 2.05) is 25.3 Å². The van der Waals surface area contributed by atoms with E-state index in [-0.39, 0.29) is 37.3 Å². The van der Waals surface area contributed by atoms with Gasteiger partial charge in [-0.3, -0.25) is 4.79 Å². The molecule has 1 aromatic carbocycles. The standard InChI is InChI=1S/C25H32N6O4.H2S/c1-34-25-7-13-4-14(8-25)21(15(5-13)9-25)30-23-18(22(26)33)11-28-24(31-23)29-16-2-3-20-19(6-16)27-10-17(32)12-35-20;/h2-3,6,11,13-15,17,21,27,32H,4-5,7-10,12H2,1H3,(H2,26,33)(H2,28,29,30,31);1H2/t13?,14?,15?,17-,21?,25?;/m0./s1. The zero-order valence-electron chi connectivity index (χ0n) is 20.3. The molecule has 36 heavy (non-hydrogen) atoms. The van der Waals surface area contributed by atoms with Gasteiger partial charge in [-0.15, -0.1) is 0 Å². The highest BCUT2D eigenvalue weighted by Crippen LogP contribution is 2.57. The fourth-order valence-electron chi connectivity index (χ4n) is 6.80. The SMILES string of the molecule is COC12CC3CC(C1)C(Nc1nc(Nc4ccc5c(c4)NC[C@H](O)CO5)ncc1C(N)=O)C(C3)C2.S. The lowest BCUT2D eigenvalue weighted by atomic mass is 9.52. The highest BCUT2D eigenvalue weighted by molar-refractivity contribution is 7.59. The van der Waals surface area contributed by atoms with Gasteiger partial charge in [0, 0.05) is 31.6 Å². The van der Waals surface area contributed by atoms with E-state index in [0.717, 1.165) is 36.6 Å². The van der Waals surface area contributed by atoms with Crippen molar-refractivity contribution in [1.82, 2.24) is 9.97 Å². The summed E-state index contributed by atoms with van der Waals surface area (Å²) in [6.07, 6.45) is 6.51. The highest BCUT2D eigenvalue weighted by atomic mass is 32.1. The van der Waals surface area contributed by atoms with Crippen molar-refractivity contribution in [2.24, 2.45) is 23.5 Å². The molecule has 0 saturated heterocycles. The van der Waals surface area contributed by atoms with E-state index in [4.69, 9.17) is 15.2 Å². The Morgan fingerprint density at radius 2 is 2.06 bits per heavy atom. The van der Waals surface area contributed by atoms with Crippen LogP contribution in [-0.4, -0.2) is 59.0 Å². The average molecular weight is 515 g/mol. The van der Waals surface area contributed by atoms with E-state index in [2.05, 4.69) is 25.9 Å². The van der Waals surface area contributed by atoms with Gasteiger partial charge >= 0.3 is 0 Å². The van der Waals surface area contributed by atoms with Crippen LogP contribution in [0.4, 0.5) is 23.1 Å². The molecule has 1 aliphatic heterocycles. The predicted molar refractivity (Wildman–Crippen MR) is 141 cm³/mol. The smallest absolute Gasteiger partial charge is 0.254 e. The summed E-state index contributed by atoms with van der Waals surface area (Å²) in [5, 5.41) is 19.8. The number of anilines is 4. The van der Waals surface area contributed by atoms with Crippen molar-refractivity contribution in [3.63, 3.8) is 0 Å². The summed E-state index contributed by atoms with van der Waals surface area (Å²) in [4.78, 5) is 21.2. The molecule has 4 bridgehead atoms. The number of hydrogen-bond acceptors (Lipinski definition) is 9. The molecule has 11 heteroatoms. The number of ether oxygens (including phenoxy) is 2. The zero-order valence-corrected chi connectivity index (χ0v) is 21.3. The summed E-state index contributed by atoms with van der Waals surface area (Å²) < 4.78 is 11.6. The maximum atomic E-state index is 12.2. The van der Waals surface area contributed by atoms with Crippen molar-refractivity contribution in [2.45, 2.75) is 49.9 Å². The first-order chi connectivity index (χ1) is 16.9. The molecule has 4 saturated carbocycles. The van der Waals surface area contributed by atoms with Crippen LogP contribution in [0.25, 0.3) is 0 Å². The van der Waals surface area contributed by atoms with Gasteiger partial charge in [-0.05, 0) is 68.1 Å². The molecule has 194 valence electrons. The number of nitrogens with zero attached hydrogens (tertiary/aromatic N) is 2. The zero-order chi connectivity index (χ0) is 24.2. The molecule has 0 spiro atoms. The topological polar surface area (TPSA) is 144 Å². The average Bonchev–Trinajstić information content (AvgIpc) is 3.02. The molecule has 5 aliphatic rings. The Kier molecular flexibility index (Phi) is 6.65. The lowest BCUT2D eigenvalue weighted by Gasteiger charge is -2.59. The third-order valence-corrected chi connectivity index (χ3v) is 8.20. The number of nitrogens with two attached hydrogens (primary N) is 1. The first-order valence-electron chi connectivity index (χ1n) is 12.4. The van der Waals surface area contributed by atoms with Gasteiger partial charge in [0.2, 0.25) is 5.95 Å². The van der Waals surface area contributed by atoms with Crippen LogP contribution >= 0.6 is 13.5 Å². The summed E-state index contributed by atoms with van der Waals surface area (Å²) in [6.45, 7) is 0.651. The summed E-state index contributed by atoms with van der Waals surface area (Å²) in [6, 6.07) is 5.81. The first kappa shape index (κ1) is 24.9. The van der Waals surface area contributed by atoms with Gasteiger partial charge in [-0.1, -0.05) is 0 Å². The number of β-amino-alcohol motifs (C(OH)–C–C–N with tert-alkyl or cyclic N) is 1. The Balaban J connectivity index is 0.00000267. The third-order valence-electron chi connectivity index (χ3n) is 8.20. The van der Waals surface area contributed by atoms with Gasteiger partial charge in [0.15, 0.2) is 0 Å². The van der Waals surface area contributed by atoms with Crippen LogP contribution in [0.1, 0.15) is 42.5 Å². The minimum Gasteiger partial charge on any atom is -0.489 e. The number of benzene rings is 1. The summed E-state index contributed by atoms with van der Waals surface area (Å²) in [7, 11) is 1.84. The third kappa shape index (κ3) is 4.55. The molecule has 1 aromatic heterocycles. The number of aromatic nitrogens is 2. The Bertz CT molecular complexity index is 1130. The van der Waals surface area contributed by atoms with E-state index >= 15 is 0 Å². The maximum Gasteiger partial charge on any atom is 0.254 e. The van der Waals surface area contributed by atoms with Crippen molar-refractivity contribution in [3.8, 4) is 5.75 Å². The number of amides is 1. The molecule has 7 rings (SSSR count). The number of methoxy groups -OCH3 is 1. The maximum absolute atomic E-state index is 12.2. The Morgan fingerprint density at radius 3 is 2.78 bits per heavy atom. The molecule has 2 heterocycles. The van der Waals surface area contributed by atoms with Crippen LogP contribution in [0.15, 0.2) is 24.4 Å².